The number of rotatable bonds is 10. The van der Waals surface area contributed by atoms with Crippen LogP contribution < -0.4 is 0 Å². The first-order valence-electron chi connectivity index (χ1n) is 5.48. The van der Waals surface area contributed by atoms with Gasteiger partial charge in [0.2, 0.25) is 0 Å². The maximum Gasteiger partial charge on any atom is 0.500 e. The summed E-state index contributed by atoms with van der Waals surface area (Å²) < 4.78 is 21.6. The molecule has 0 fully saturated rings. The van der Waals surface area contributed by atoms with Gasteiger partial charge in [0, 0.05) is 40.6 Å². The van der Waals surface area contributed by atoms with Crippen LogP contribution in [0.2, 0.25) is 6.04 Å². The van der Waals surface area contributed by atoms with E-state index >= 15 is 0 Å². The molecule has 0 saturated carbocycles. The van der Waals surface area contributed by atoms with Crippen molar-refractivity contribution in [3.8, 4) is 0 Å². The Labute approximate surface area is 94.2 Å². The van der Waals surface area contributed by atoms with Gasteiger partial charge in [-0.2, -0.15) is 0 Å². The molecule has 92 valence electrons. The van der Waals surface area contributed by atoms with E-state index in [2.05, 4.69) is 6.92 Å². The third-order valence-electron chi connectivity index (χ3n) is 2.27. The standard InChI is InChI=1S/C10H24O4Si/c1-5-6-9-14-15(12-3,13-4)10-7-8-11-2/h5-10H2,1-4H3. The third-order valence-corrected chi connectivity index (χ3v) is 5.13. The van der Waals surface area contributed by atoms with E-state index < -0.39 is 8.80 Å². The van der Waals surface area contributed by atoms with Crippen LogP contribution in [0.4, 0.5) is 0 Å². The van der Waals surface area contributed by atoms with E-state index in [0.717, 1.165) is 38.5 Å². The van der Waals surface area contributed by atoms with E-state index in [9.17, 15) is 0 Å². The molecule has 0 atom stereocenters. The van der Waals surface area contributed by atoms with Gasteiger partial charge in [0.05, 0.1) is 0 Å². The first kappa shape index (κ1) is 15.1. The predicted octanol–water partition coefficient (Wildman–Crippen LogP) is 2.07. The second-order valence-corrected chi connectivity index (χ2v) is 6.36. The number of hydrogen-bond acceptors (Lipinski definition) is 4. The molecule has 0 aliphatic rings. The van der Waals surface area contributed by atoms with Crippen molar-refractivity contribution in [2.45, 2.75) is 32.2 Å². The second kappa shape index (κ2) is 9.29. The lowest BCUT2D eigenvalue weighted by atomic mass is 10.4. The molecule has 0 aliphatic carbocycles. The summed E-state index contributed by atoms with van der Waals surface area (Å²) in [5, 5.41) is 0. The van der Waals surface area contributed by atoms with Gasteiger partial charge in [0.25, 0.3) is 0 Å². The van der Waals surface area contributed by atoms with Gasteiger partial charge in [0.1, 0.15) is 0 Å². The number of methoxy groups -OCH3 is 1. The highest BCUT2D eigenvalue weighted by molar-refractivity contribution is 6.60. The van der Waals surface area contributed by atoms with Crippen molar-refractivity contribution < 1.29 is 18.0 Å². The Balaban J connectivity index is 3.93. The van der Waals surface area contributed by atoms with Crippen molar-refractivity contribution in [2.75, 3.05) is 34.5 Å². The van der Waals surface area contributed by atoms with Crippen LogP contribution in [-0.4, -0.2) is 43.3 Å². The first-order chi connectivity index (χ1) is 7.24. The summed E-state index contributed by atoms with van der Waals surface area (Å²) in [5.41, 5.74) is 0. The molecule has 0 amide bonds. The average Bonchev–Trinajstić information content (AvgIpc) is 2.28. The lowest BCUT2D eigenvalue weighted by Crippen LogP contribution is -2.44. The van der Waals surface area contributed by atoms with E-state index in [1.54, 1.807) is 21.3 Å². The molecule has 0 aromatic carbocycles. The highest BCUT2D eigenvalue weighted by Crippen LogP contribution is 2.16. The highest BCUT2D eigenvalue weighted by atomic mass is 28.4. The van der Waals surface area contributed by atoms with Gasteiger partial charge < -0.3 is 18.0 Å². The summed E-state index contributed by atoms with van der Waals surface area (Å²) in [5.74, 6) is 0. The molecule has 0 saturated heterocycles. The maximum atomic E-state index is 5.75. The van der Waals surface area contributed by atoms with Crippen molar-refractivity contribution in [2.24, 2.45) is 0 Å². The zero-order valence-corrected chi connectivity index (χ0v) is 11.4. The first-order valence-corrected chi connectivity index (χ1v) is 7.41. The minimum Gasteiger partial charge on any atom is -0.385 e. The Bertz CT molecular complexity index is 127. The fourth-order valence-electron chi connectivity index (χ4n) is 1.28. The van der Waals surface area contributed by atoms with Gasteiger partial charge in [-0.25, -0.2) is 0 Å². The lowest BCUT2D eigenvalue weighted by molar-refractivity contribution is 0.0927. The predicted molar refractivity (Wildman–Crippen MR) is 61.9 cm³/mol. The van der Waals surface area contributed by atoms with Gasteiger partial charge >= 0.3 is 8.80 Å². The molecular formula is C10H24O4Si. The largest absolute Gasteiger partial charge is 0.500 e. The number of hydrogen-bond donors (Lipinski definition) is 0. The minimum atomic E-state index is -2.40. The molecular weight excluding hydrogens is 212 g/mol. The van der Waals surface area contributed by atoms with Crippen LogP contribution in [0.1, 0.15) is 26.2 Å². The zero-order chi connectivity index (χ0) is 11.6. The fourth-order valence-corrected chi connectivity index (χ4v) is 3.27. The normalized spacial score (nSPS) is 12.0. The van der Waals surface area contributed by atoms with Crippen molar-refractivity contribution >= 4 is 8.80 Å². The van der Waals surface area contributed by atoms with E-state index in [1.165, 1.54) is 0 Å². The van der Waals surface area contributed by atoms with Gasteiger partial charge in [-0.05, 0) is 12.8 Å². The van der Waals surface area contributed by atoms with Gasteiger partial charge in [-0.1, -0.05) is 13.3 Å². The van der Waals surface area contributed by atoms with E-state index in [1.807, 2.05) is 0 Å². The van der Waals surface area contributed by atoms with E-state index in [0.29, 0.717) is 0 Å². The zero-order valence-electron chi connectivity index (χ0n) is 10.4. The Morgan fingerprint density at radius 1 is 0.933 bits per heavy atom. The molecule has 0 spiro atoms. The number of ether oxygens (including phenoxy) is 1. The summed E-state index contributed by atoms with van der Waals surface area (Å²) in [6.45, 7) is 3.58. The average molecular weight is 236 g/mol. The smallest absolute Gasteiger partial charge is 0.385 e. The van der Waals surface area contributed by atoms with Crippen LogP contribution in [0.25, 0.3) is 0 Å². The Morgan fingerprint density at radius 2 is 1.60 bits per heavy atom. The van der Waals surface area contributed by atoms with Gasteiger partial charge in [0.15, 0.2) is 0 Å². The molecule has 15 heavy (non-hydrogen) atoms. The summed E-state index contributed by atoms with van der Waals surface area (Å²) >= 11 is 0. The summed E-state index contributed by atoms with van der Waals surface area (Å²) in [6.07, 6.45) is 3.08. The highest BCUT2D eigenvalue weighted by Gasteiger charge is 2.38. The molecule has 0 unspecified atom stereocenters. The molecule has 0 aromatic rings. The monoisotopic (exact) mass is 236 g/mol. The van der Waals surface area contributed by atoms with Crippen LogP contribution in [0.5, 0.6) is 0 Å². The van der Waals surface area contributed by atoms with Gasteiger partial charge in [-0.15, -0.1) is 0 Å². The van der Waals surface area contributed by atoms with Crippen LogP contribution in [0, 0.1) is 0 Å². The minimum absolute atomic E-state index is 0.720. The van der Waals surface area contributed by atoms with Gasteiger partial charge in [-0.3, -0.25) is 0 Å². The molecule has 0 heterocycles. The van der Waals surface area contributed by atoms with Crippen molar-refractivity contribution in [3.05, 3.63) is 0 Å². The Hall–Kier alpha value is 0.0569. The molecule has 0 N–H and O–H groups in total. The maximum absolute atomic E-state index is 5.75. The van der Waals surface area contributed by atoms with E-state index in [4.69, 9.17) is 18.0 Å². The quantitative estimate of drug-likeness (QED) is 0.430. The van der Waals surface area contributed by atoms with Crippen LogP contribution in [0.15, 0.2) is 0 Å². The van der Waals surface area contributed by atoms with E-state index in [-0.39, 0.29) is 0 Å². The summed E-state index contributed by atoms with van der Waals surface area (Å²) in [6, 6.07) is 0.817. The third kappa shape index (κ3) is 6.27. The topological polar surface area (TPSA) is 36.9 Å². The number of unbranched alkanes of at least 4 members (excludes halogenated alkanes) is 1. The molecule has 0 aliphatic heterocycles. The molecule has 5 heteroatoms. The Morgan fingerprint density at radius 3 is 2.07 bits per heavy atom. The van der Waals surface area contributed by atoms with Crippen LogP contribution in [0.3, 0.4) is 0 Å². The summed E-state index contributed by atoms with van der Waals surface area (Å²) in [4.78, 5) is 0. The van der Waals surface area contributed by atoms with Crippen molar-refractivity contribution in [3.63, 3.8) is 0 Å². The van der Waals surface area contributed by atoms with Crippen LogP contribution in [-0.2, 0) is 18.0 Å². The fraction of sp³-hybridized carbons (Fsp3) is 1.00. The SMILES string of the molecule is CCCCO[Si](CCCOC)(OC)OC. The lowest BCUT2D eigenvalue weighted by Gasteiger charge is -2.26. The molecule has 0 aromatic heterocycles. The summed E-state index contributed by atoms with van der Waals surface area (Å²) in [7, 11) is 2.62. The van der Waals surface area contributed by atoms with Crippen molar-refractivity contribution in [1.29, 1.82) is 0 Å². The second-order valence-electron chi connectivity index (χ2n) is 3.39. The molecule has 0 radical (unpaired) electrons. The molecule has 4 nitrogen and oxygen atoms in total. The molecule has 0 bridgehead atoms. The van der Waals surface area contributed by atoms with Crippen molar-refractivity contribution in [1.82, 2.24) is 0 Å². The van der Waals surface area contributed by atoms with Crippen LogP contribution >= 0.6 is 0 Å². The Kier molecular flexibility index (Phi) is 9.33. The molecule has 0 rings (SSSR count).